The van der Waals surface area contributed by atoms with E-state index in [4.69, 9.17) is 5.11 Å². The van der Waals surface area contributed by atoms with Crippen LogP contribution in [-0.4, -0.2) is 41.6 Å². The highest BCUT2D eigenvalue weighted by atomic mass is 16.4. The molecule has 0 radical (unpaired) electrons. The first-order chi connectivity index (χ1) is 7.63. The van der Waals surface area contributed by atoms with Gasteiger partial charge < -0.3 is 15.3 Å². The minimum absolute atomic E-state index is 0.110. The molecule has 1 aliphatic rings. The molecule has 1 rings (SSSR count). The summed E-state index contributed by atoms with van der Waals surface area (Å²) in [6.45, 7) is 3.38. The summed E-state index contributed by atoms with van der Waals surface area (Å²) in [7, 11) is 0. The molecule has 1 heterocycles. The van der Waals surface area contributed by atoms with Gasteiger partial charge in [0.15, 0.2) is 0 Å². The first-order valence-corrected chi connectivity index (χ1v) is 5.27. The van der Waals surface area contributed by atoms with Gasteiger partial charge >= 0.3 is 12.0 Å². The van der Waals surface area contributed by atoms with Gasteiger partial charge in [-0.25, -0.2) is 4.79 Å². The molecule has 0 bridgehead atoms. The monoisotopic (exact) mass is 224 g/mol. The average Bonchev–Trinajstić information content (AvgIpc) is 2.17. The van der Waals surface area contributed by atoms with Crippen molar-refractivity contribution in [3.63, 3.8) is 0 Å². The zero-order valence-corrected chi connectivity index (χ0v) is 9.32. The van der Waals surface area contributed by atoms with Gasteiger partial charge in [-0.05, 0) is 6.92 Å². The number of rotatable bonds is 4. The Hall–Kier alpha value is -1.70. The van der Waals surface area contributed by atoms with Gasteiger partial charge in [-0.1, -0.05) is 0 Å². The van der Waals surface area contributed by atoms with Gasteiger partial charge in [-0.3, -0.25) is 4.79 Å². The quantitative estimate of drug-likeness (QED) is 0.540. The van der Waals surface area contributed by atoms with Crippen molar-refractivity contribution in [3.8, 4) is 11.8 Å². The highest BCUT2D eigenvalue weighted by Crippen LogP contribution is 2.18. The van der Waals surface area contributed by atoms with Gasteiger partial charge in [0.2, 0.25) is 0 Å². The van der Waals surface area contributed by atoms with Crippen LogP contribution in [0.4, 0.5) is 4.79 Å². The first kappa shape index (κ1) is 12.4. The van der Waals surface area contributed by atoms with E-state index in [2.05, 4.69) is 17.2 Å². The number of nitrogens with one attached hydrogen (secondary N) is 1. The van der Waals surface area contributed by atoms with Crippen LogP contribution in [0.15, 0.2) is 0 Å². The summed E-state index contributed by atoms with van der Waals surface area (Å²) in [6.07, 6.45) is 0.791. The van der Waals surface area contributed by atoms with Crippen LogP contribution in [-0.2, 0) is 4.79 Å². The van der Waals surface area contributed by atoms with E-state index in [1.54, 1.807) is 11.8 Å². The van der Waals surface area contributed by atoms with Crippen LogP contribution in [0.2, 0.25) is 0 Å². The fraction of sp³-hybridized carbons (Fsp3) is 0.636. The molecule has 0 atom stereocenters. The van der Waals surface area contributed by atoms with E-state index in [-0.39, 0.29) is 18.4 Å². The fourth-order valence-electron chi connectivity index (χ4n) is 1.58. The Kier molecular flexibility index (Phi) is 4.65. The molecule has 5 nitrogen and oxygen atoms in total. The standard InChI is InChI=1S/C11H16N2O3/c1-2-3-4-5-12-11(16)13-7-9(8-13)6-10(14)15/h9H,4-8H2,1H3,(H,12,16)(H,14,15). The Labute approximate surface area is 94.8 Å². The number of likely N-dealkylation sites (tertiary alicyclic amines) is 1. The summed E-state index contributed by atoms with van der Waals surface area (Å²) in [4.78, 5) is 23.4. The van der Waals surface area contributed by atoms with E-state index < -0.39 is 5.97 Å². The number of amides is 2. The number of hydrogen-bond acceptors (Lipinski definition) is 2. The molecule has 1 saturated heterocycles. The van der Waals surface area contributed by atoms with E-state index in [1.807, 2.05) is 0 Å². The normalized spacial score (nSPS) is 14.7. The zero-order valence-electron chi connectivity index (χ0n) is 9.32. The van der Waals surface area contributed by atoms with Gasteiger partial charge in [0.05, 0.1) is 6.42 Å². The maximum absolute atomic E-state index is 11.4. The largest absolute Gasteiger partial charge is 0.481 e. The predicted octanol–water partition coefficient (Wildman–Crippen LogP) is 0.516. The topological polar surface area (TPSA) is 69.6 Å². The number of carboxylic acids is 1. The third kappa shape index (κ3) is 3.81. The van der Waals surface area contributed by atoms with Crippen molar-refractivity contribution in [2.45, 2.75) is 19.8 Å². The molecule has 0 aromatic heterocycles. The summed E-state index contributed by atoms with van der Waals surface area (Å²) < 4.78 is 0. The van der Waals surface area contributed by atoms with Gasteiger partial charge in [-0.2, -0.15) is 0 Å². The Morgan fingerprint density at radius 2 is 2.19 bits per heavy atom. The van der Waals surface area contributed by atoms with Gasteiger partial charge in [-0.15, -0.1) is 11.8 Å². The number of nitrogens with zero attached hydrogens (tertiary/aromatic N) is 1. The number of hydrogen-bond donors (Lipinski definition) is 2. The fourth-order valence-corrected chi connectivity index (χ4v) is 1.58. The Morgan fingerprint density at radius 1 is 1.50 bits per heavy atom. The van der Waals surface area contributed by atoms with Crippen LogP contribution in [0.1, 0.15) is 19.8 Å². The minimum Gasteiger partial charge on any atom is -0.481 e. The second-order valence-corrected chi connectivity index (χ2v) is 3.78. The number of aliphatic carboxylic acids is 1. The van der Waals surface area contributed by atoms with Crippen LogP contribution in [0.25, 0.3) is 0 Å². The third-order valence-corrected chi connectivity index (χ3v) is 2.41. The Balaban J connectivity index is 2.11. The van der Waals surface area contributed by atoms with E-state index in [0.717, 1.165) is 0 Å². The molecule has 1 fully saturated rings. The van der Waals surface area contributed by atoms with Gasteiger partial charge in [0.25, 0.3) is 0 Å². The van der Waals surface area contributed by atoms with Gasteiger partial charge in [0.1, 0.15) is 0 Å². The van der Waals surface area contributed by atoms with Crippen LogP contribution in [0, 0.1) is 17.8 Å². The molecule has 0 spiro atoms. The van der Waals surface area contributed by atoms with E-state index in [9.17, 15) is 9.59 Å². The van der Waals surface area contributed by atoms with Crippen molar-refractivity contribution in [3.05, 3.63) is 0 Å². The van der Waals surface area contributed by atoms with Crippen molar-refractivity contribution in [2.75, 3.05) is 19.6 Å². The van der Waals surface area contributed by atoms with E-state index in [1.165, 1.54) is 0 Å². The predicted molar refractivity (Wildman–Crippen MR) is 58.8 cm³/mol. The van der Waals surface area contributed by atoms with Crippen molar-refractivity contribution in [2.24, 2.45) is 5.92 Å². The average molecular weight is 224 g/mol. The molecule has 0 unspecified atom stereocenters. The lowest BCUT2D eigenvalue weighted by molar-refractivity contribution is -0.139. The lowest BCUT2D eigenvalue weighted by Crippen LogP contribution is -2.54. The first-order valence-electron chi connectivity index (χ1n) is 5.27. The molecule has 88 valence electrons. The molecule has 5 heteroatoms. The molecule has 2 amide bonds. The van der Waals surface area contributed by atoms with E-state index in [0.29, 0.717) is 26.1 Å². The molecule has 0 aromatic carbocycles. The van der Waals surface area contributed by atoms with Crippen molar-refractivity contribution >= 4 is 12.0 Å². The lowest BCUT2D eigenvalue weighted by Gasteiger charge is -2.38. The minimum atomic E-state index is -0.803. The summed E-state index contributed by atoms with van der Waals surface area (Å²) in [5, 5.41) is 11.3. The zero-order chi connectivity index (χ0) is 12.0. The lowest BCUT2D eigenvalue weighted by atomic mass is 9.97. The SMILES string of the molecule is CC#CCCNC(=O)N1CC(CC(=O)O)C1. The van der Waals surface area contributed by atoms with Crippen LogP contribution >= 0.6 is 0 Å². The molecule has 0 saturated carbocycles. The van der Waals surface area contributed by atoms with Crippen LogP contribution in [0.5, 0.6) is 0 Å². The molecular formula is C11H16N2O3. The summed E-state index contributed by atoms with van der Waals surface area (Å²) in [5.41, 5.74) is 0. The Bertz CT molecular complexity index is 324. The molecule has 0 aromatic rings. The highest BCUT2D eigenvalue weighted by molar-refractivity contribution is 5.75. The maximum atomic E-state index is 11.4. The molecule has 0 aliphatic carbocycles. The highest BCUT2D eigenvalue weighted by Gasteiger charge is 2.31. The molecule has 16 heavy (non-hydrogen) atoms. The van der Waals surface area contributed by atoms with Gasteiger partial charge in [0, 0.05) is 32.0 Å². The second kappa shape index (κ2) is 6.01. The van der Waals surface area contributed by atoms with Crippen LogP contribution in [0.3, 0.4) is 0 Å². The summed E-state index contributed by atoms with van der Waals surface area (Å²) in [5.74, 6) is 4.91. The maximum Gasteiger partial charge on any atom is 0.317 e. The summed E-state index contributed by atoms with van der Waals surface area (Å²) >= 11 is 0. The molecule has 2 N–H and O–H groups in total. The number of carbonyl (C=O) groups is 2. The number of carboxylic acid groups (broad SMARTS) is 1. The number of urea groups is 1. The summed E-state index contributed by atoms with van der Waals surface area (Å²) in [6, 6.07) is -0.125. The Morgan fingerprint density at radius 3 is 2.75 bits per heavy atom. The van der Waals surface area contributed by atoms with Crippen molar-refractivity contribution in [1.29, 1.82) is 0 Å². The molecular weight excluding hydrogens is 208 g/mol. The molecule has 1 aliphatic heterocycles. The van der Waals surface area contributed by atoms with E-state index >= 15 is 0 Å². The van der Waals surface area contributed by atoms with Crippen molar-refractivity contribution in [1.82, 2.24) is 10.2 Å². The third-order valence-electron chi connectivity index (χ3n) is 2.41. The smallest absolute Gasteiger partial charge is 0.317 e. The number of carbonyl (C=O) groups excluding carboxylic acids is 1. The van der Waals surface area contributed by atoms with Crippen LogP contribution < -0.4 is 5.32 Å². The van der Waals surface area contributed by atoms with Crippen molar-refractivity contribution < 1.29 is 14.7 Å². The second-order valence-electron chi connectivity index (χ2n) is 3.78.